The minimum atomic E-state index is -0.419. The highest BCUT2D eigenvalue weighted by molar-refractivity contribution is 5.47. The third-order valence-corrected chi connectivity index (χ3v) is 8.13. The molecule has 160 valence electrons. The van der Waals surface area contributed by atoms with Crippen LogP contribution in [-0.4, -0.2) is 28.6 Å². The number of nitrogens with zero attached hydrogens (tertiary/aromatic N) is 2. The van der Waals surface area contributed by atoms with Crippen molar-refractivity contribution in [3.63, 3.8) is 0 Å². The Morgan fingerprint density at radius 2 is 1.61 bits per heavy atom. The van der Waals surface area contributed by atoms with Gasteiger partial charge in [-0.05, 0) is 49.8 Å². The standard InChI is InChI=1S/C27H30N2O2/c1-19-23-13-14-24-25(28-20(2)29(24)22-11-7-4-8-12-22)26(23,21-9-5-3-6-10-21)15-16-27(19)30-17-18-31-27/h3-12,19,23H,13-18H2,1-2H3/t19-,23-,26+/m0/s1. The summed E-state index contributed by atoms with van der Waals surface area (Å²) in [5.41, 5.74) is 5.15. The maximum Gasteiger partial charge on any atom is 0.171 e. The summed E-state index contributed by atoms with van der Waals surface area (Å²) in [6.45, 7) is 5.92. The van der Waals surface area contributed by atoms with Crippen molar-refractivity contribution in [2.24, 2.45) is 11.8 Å². The van der Waals surface area contributed by atoms with Crippen LogP contribution in [0, 0.1) is 18.8 Å². The van der Waals surface area contributed by atoms with Crippen molar-refractivity contribution in [2.75, 3.05) is 13.2 Å². The fourth-order valence-electron chi connectivity index (χ4n) is 6.79. The predicted octanol–water partition coefficient (Wildman–Crippen LogP) is 5.20. The average molecular weight is 415 g/mol. The summed E-state index contributed by atoms with van der Waals surface area (Å²) >= 11 is 0. The fraction of sp³-hybridized carbons (Fsp3) is 0.444. The molecule has 1 spiro atoms. The Kier molecular flexibility index (Phi) is 4.38. The molecule has 31 heavy (non-hydrogen) atoms. The van der Waals surface area contributed by atoms with Crippen molar-refractivity contribution < 1.29 is 9.47 Å². The normalized spacial score (nSPS) is 29.0. The van der Waals surface area contributed by atoms with E-state index in [1.165, 1.54) is 22.6 Å². The number of hydrogen-bond acceptors (Lipinski definition) is 3. The molecule has 6 rings (SSSR count). The summed E-state index contributed by atoms with van der Waals surface area (Å²) in [6, 6.07) is 21.8. The molecule has 2 aliphatic carbocycles. The van der Waals surface area contributed by atoms with E-state index in [0.29, 0.717) is 25.0 Å². The van der Waals surface area contributed by atoms with Crippen LogP contribution in [0.2, 0.25) is 0 Å². The molecule has 4 nitrogen and oxygen atoms in total. The number of aryl methyl sites for hydroxylation is 1. The Morgan fingerprint density at radius 1 is 0.935 bits per heavy atom. The summed E-state index contributed by atoms with van der Waals surface area (Å²) < 4.78 is 14.9. The lowest BCUT2D eigenvalue weighted by Crippen LogP contribution is -2.56. The summed E-state index contributed by atoms with van der Waals surface area (Å²) in [4.78, 5) is 5.29. The van der Waals surface area contributed by atoms with Gasteiger partial charge in [-0.25, -0.2) is 4.98 Å². The highest BCUT2D eigenvalue weighted by Gasteiger charge is 2.60. The first kappa shape index (κ1) is 19.3. The van der Waals surface area contributed by atoms with Gasteiger partial charge >= 0.3 is 0 Å². The van der Waals surface area contributed by atoms with Crippen molar-refractivity contribution in [3.8, 4) is 5.69 Å². The van der Waals surface area contributed by atoms with Crippen molar-refractivity contribution >= 4 is 0 Å². The Balaban J connectivity index is 1.56. The highest BCUT2D eigenvalue weighted by atomic mass is 16.7. The number of fused-ring (bicyclic) bond motifs is 3. The molecule has 1 saturated carbocycles. The van der Waals surface area contributed by atoms with Gasteiger partial charge in [0.25, 0.3) is 0 Å². The Morgan fingerprint density at radius 3 is 2.32 bits per heavy atom. The van der Waals surface area contributed by atoms with E-state index in [9.17, 15) is 0 Å². The zero-order chi connectivity index (χ0) is 21.1. The average Bonchev–Trinajstić information content (AvgIpc) is 3.42. The summed E-state index contributed by atoms with van der Waals surface area (Å²) in [6.07, 6.45) is 4.07. The fourth-order valence-corrected chi connectivity index (χ4v) is 6.79. The SMILES string of the molecule is Cc1nc2c(n1-c1ccccc1)CC[C@H]1[C@H](C)C3(CC[C@]21c1ccccc1)OCCO3. The topological polar surface area (TPSA) is 36.3 Å². The molecule has 3 atom stereocenters. The lowest BCUT2D eigenvalue weighted by Gasteiger charge is -2.55. The molecule has 2 aromatic carbocycles. The first-order valence-corrected chi connectivity index (χ1v) is 11.6. The second-order valence-corrected chi connectivity index (χ2v) is 9.41. The molecule has 0 unspecified atom stereocenters. The third-order valence-electron chi connectivity index (χ3n) is 8.13. The Hall–Kier alpha value is -2.43. The molecule has 4 heteroatoms. The lowest BCUT2D eigenvalue weighted by molar-refractivity contribution is -0.232. The predicted molar refractivity (Wildman–Crippen MR) is 120 cm³/mol. The molecule has 1 aromatic heterocycles. The quantitative estimate of drug-likeness (QED) is 0.578. The molecule has 0 radical (unpaired) electrons. The zero-order valence-corrected chi connectivity index (χ0v) is 18.4. The third kappa shape index (κ3) is 2.64. The van der Waals surface area contributed by atoms with Crippen molar-refractivity contribution in [1.82, 2.24) is 9.55 Å². The number of imidazole rings is 1. The van der Waals surface area contributed by atoms with Gasteiger partial charge in [-0.15, -0.1) is 0 Å². The first-order chi connectivity index (χ1) is 15.2. The van der Waals surface area contributed by atoms with E-state index in [4.69, 9.17) is 14.5 Å². The molecule has 0 N–H and O–H groups in total. The number of rotatable bonds is 2. The number of aromatic nitrogens is 2. The smallest absolute Gasteiger partial charge is 0.171 e. The molecule has 2 heterocycles. The van der Waals surface area contributed by atoms with Gasteiger partial charge in [0.2, 0.25) is 0 Å². The van der Waals surface area contributed by atoms with Gasteiger partial charge in [-0.3, -0.25) is 0 Å². The Bertz CT molecular complexity index is 1090. The van der Waals surface area contributed by atoms with Gasteiger partial charge in [0.1, 0.15) is 5.82 Å². The molecule has 0 amide bonds. The van der Waals surface area contributed by atoms with Crippen LogP contribution in [0.15, 0.2) is 60.7 Å². The van der Waals surface area contributed by atoms with Crippen LogP contribution in [0.25, 0.3) is 5.69 Å². The van der Waals surface area contributed by atoms with Crippen LogP contribution < -0.4 is 0 Å². The van der Waals surface area contributed by atoms with Crippen LogP contribution in [0.1, 0.15) is 49.0 Å². The monoisotopic (exact) mass is 414 g/mol. The second kappa shape index (κ2) is 7.04. The van der Waals surface area contributed by atoms with E-state index in [1.807, 2.05) is 0 Å². The Labute approximate surface area is 184 Å². The molecule has 1 aliphatic heterocycles. The second-order valence-electron chi connectivity index (χ2n) is 9.41. The summed E-state index contributed by atoms with van der Waals surface area (Å²) in [5, 5.41) is 0. The first-order valence-electron chi connectivity index (χ1n) is 11.6. The molecule has 3 aromatic rings. The van der Waals surface area contributed by atoms with Crippen LogP contribution in [0.5, 0.6) is 0 Å². The van der Waals surface area contributed by atoms with Crippen molar-refractivity contribution in [1.29, 1.82) is 0 Å². The number of ether oxygens (including phenoxy) is 2. The lowest BCUT2D eigenvalue weighted by atomic mass is 9.52. The maximum absolute atomic E-state index is 6.26. The largest absolute Gasteiger partial charge is 0.347 e. The van der Waals surface area contributed by atoms with Crippen LogP contribution in [0.4, 0.5) is 0 Å². The van der Waals surface area contributed by atoms with Crippen molar-refractivity contribution in [3.05, 3.63) is 83.4 Å². The minimum absolute atomic E-state index is 0.0976. The molecular weight excluding hydrogens is 384 g/mol. The summed E-state index contributed by atoms with van der Waals surface area (Å²) in [5.74, 6) is 1.41. The van der Waals surface area contributed by atoms with Gasteiger partial charge in [-0.2, -0.15) is 0 Å². The van der Waals surface area contributed by atoms with E-state index < -0.39 is 5.79 Å². The van der Waals surface area contributed by atoms with Crippen LogP contribution in [0.3, 0.4) is 0 Å². The van der Waals surface area contributed by atoms with E-state index >= 15 is 0 Å². The molecule has 0 bridgehead atoms. The number of benzene rings is 2. The summed E-state index contributed by atoms with van der Waals surface area (Å²) in [7, 11) is 0. The molecule has 2 fully saturated rings. The van der Waals surface area contributed by atoms with Gasteiger partial charge in [0.15, 0.2) is 5.79 Å². The van der Waals surface area contributed by atoms with E-state index in [1.54, 1.807) is 0 Å². The van der Waals surface area contributed by atoms with Crippen molar-refractivity contribution in [2.45, 2.75) is 50.7 Å². The van der Waals surface area contributed by atoms with Crippen LogP contribution >= 0.6 is 0 Å². The highest BCUT2D eigenvalue weighted by Crippen LogP contribution is 2.59. The van der Waals surface area contributed by atoms with Gasteiger partial charge in [-0.1, -0.05) is 55.5 Å². The van der Waals surface area contributed by atoms with Gasteiger partial charge in [0, 0.05) is 29.1 Å². The van der Waals surface area contributed by atoms with Gasteiger partial charge < -0.3 is 14.0 Å². The van der Waals surface area contributed by atoms with Gasteiger partial charge in [0.05, 0.1) is 18.9 Å². The van der Waals surface area contributed by atoms with E-state index in [0.717, 1.165) is 31.5 Å². The molecule has 1 saturated heterocycles. The maximum atomic E-state index is 6.26. The molecule has 3 aliphatic rings. The molecular formula is C27H30N2O2. The number of para-hydroxylation sites is 1. The van der Waals surface area contributed by atoms with E-state index in [2.05, 4.69) is 79.1 Å². The minimum Gasteiger partial charge on any atom is -0.347 e. The van der Waals surface area contributed by atoms with Crippen LogP contribution in [-0.2, 0) is 21.3 Å². The van der Waals surface area contributed by atoms with E-state index in [-0.39, 0.29) is 5.41 Å². The number of hydrogen-bond donors (Lipinski definition) is 0. The zero-order valence-electron chi connectivity index (χ0n) is 18.4.